The number of nitrogens with two attached hydrogens (primary N) is 1. The zero-order valence-electron chi connectivity index (χ0n) is 15.8. The Hall–Kier alpha value is -3.60. The van der Waals surface area contributed by atoms with E-state index in [9.17, 15) is 9.18 Å². The van der Waals surface area contributed by atoms with Crippen molar-refractivity contribution < 1.29 is 13.9 Å². The number of ether oxygens (including phenoxy) is 1. The summed E-state index contributed by atoms with van der Waals surface area (Å²) in [6, 6.07) is 20.9. The second kappa shape index (κ2) is 8.19. The summed E-state index contributed by atoms with van der Waals surface area (Å²) in [6.07, 6.45) is 3.04. The molecule has 3 aromatic rings. The van der Waals surface area contributed by atoms with Crippen LogP contribution >= 0.6 is 0 Å². The summed E-state index contributed by atoms with van der Waals surface area (Å²) in [7, 11) is 0. The van der Waals surface area contributed by atoms with Crippen molar-refractivity contribution in [1.82, 2.24) is 5.32 Å². The van der Waals surface area contributed by atoms with E-state index >= 15 is 0 Å². The molecule has 146 valence electrons. The number of carbonyl (C=O) groups is 1. The molecule has 0 atom stereocenters. The number of alkyl carbamates (subject to hydrolysis) is 1. The van der Waals surface area contributed by atoms with Gasteiger partial charge in [0.25, 0.3) is 0 Å². The number of amides is 1. The van der Waals surface area contributed by atoms with Crippen LogP contribution in [0, 0.1) is 5.82 Å². The number of benzene rings is 3. The lowest BCUT2D eigenvalue weighted by molar-refractivity contribution is 0.144. The van der Waals surface area contributed by atoms with Gasteiger partial charge >= 0.3 is 6.09 Å². The lowest BCUT2D eigenvalue weighted by atomic mass is 9.98. The molecule has 4 nitrogen and oxygen atoms in total. The molecule has 0 aromatic heterocycles. The van der Waals surface area contributed by atoms with Gasteiger partial charge in [-0.15, -0.1) is 0 Å². The average molecular weight is 388 g/mol. The van der Waals surface area contributed by atoms with Gasteiger partial charge < -0.3 is 15.8 Å². The molecule has 0 spiro atoms. The Morgan fingerprint density at radius 1 is 1.03 bits per heavy atom. The maximum Gasteiger partial charge on any atom is 0.407 e. The first-order valence-corrected chi connectivity index (χ1v) is 9.44. The third-order valence-electron chi connectivity index (χ3n) is 5.04. The fourth-order valence-corrected chi connectivity index (χ4v) is 3.65. The average Bonchev–Trinajstić information content (AvgIpc) is 3.06. The molecular formula is C24H21FN2O2. The van der Waals surface area contributed by atoms with Crippen molar-refractivity contribution in [2.75, 3.05) is 18.9 Å². The first-order valence-electron chi connectivity index (χ1n) is 9.44. The monoisotopic (exact) mass is 388 g/mol. The molecule has 4 rings (SSSR count). The highest BCUT2D eigenvalue weighted by atomic mass is 19.1. The Labute approximate surface area is 168 Å². The zero-order valence-corrected chi connectivity index (χ0v) is 15.8. The molecule has 1 aliphatic rings. The number of halogens is 1. The van der Waals surface area contributed by atoms with Crippen LogP contribution in [0.5, 0.6) is 0 Å². The first kappa shape index (κ1) is 18.7. The minimum Gasteiger partial charge on any atom is -0.449 e. The van der Waals surface area contributed by atoms with Gasteiger partial charge in [-0.2, -0.15) is 0 Å². The predicted octanol–water partition coefficient (Wildman–Crippen LogP) is 4.96. The molecule has 0 heterocycles. The van der Waals surface area contributed by atoms with Gasteiger partial charge in [-0.1, -0.05) is 66.7 Å². The fraction of sp³-hybridized carbons (Fsp3) is 0.125. The van der Waals surface area contributed by atoms with Crippen molar-refractivity contribution >= 4 is 17.9 Å². The van der Waals surface area contributed by atoms with Crippen LogP contribution in [-0.2, 0) is 4.74 Å². The van der Waals surface area contributed by atoms with E-state index in [1.807, 2.05) is 24.3 Å². The van der Waals surface area contributed by atoms with Crippen LogP contribution in [0.3, 0.4) is 0 Å². The summed E-state index contributed by atoms with van der Waals surface area (Å²) < 4.78 is 18.6. The maximum absolute atomic E-state index is 13.2. The van der Waals surface area contributed by atoms with Gasteiger partial charge in [-0.05, 0) is 39.9 Å². The first-order chi connectivity index (χ1) is 14.1. The van der Waals surface area contributed by atoms with E-state index in [1.165, 1.54) is 28.3 Å². The largest absolute Gasteiger partial charge is 0.449 e. The minimum absolute atomic E-state index is 0.0332. The minimum atomic E-state index is -0.477. The summed E-state index contributed by atoms with van der Waals surface area (Å²) in [4.78, 5) is 12.1. The Morgan fingerprint density at radius 2 is 1.69 bits per heavy atom. The van der Waals surface area contributed by atoms with Crippen molar-refractivity contribution in [2.45, 2.75) is 5.92 Å². The van der Waals surface area contributed by atoms with E-state index in [2.05, 4.69) is 29.6 Å². The van der Waals surface area contributed by atoms with Crippen molar-refractivity contribution in [2.24, 2.45) is 0 Å². The molecule has 0 bridgehead atoms. The Balaban J connectivity index is 1.33. The highest BCUT2D eigenvalue weighted by Gasteiger charge is 2.28. The summed E-state index contributed by atoms with van der Waals surface area (Å²) in [6.45, 7) is 0.575. The SMILES string of the molecule is Nc1cc(C=CCNC(=O)OCC2c3ccccc3-c3ccccc32)ccc1F. The summed E-state index contributed by atoms with van der Waals surface area (Å²) >= 11 is 0. The normalized spacial score (nSPS) is 12.6. The molecule has 5 heteroatoms. The number of nitrogens with one attached hydrogen (secondary N) is 1. The number of hydrogen-bond acceptors (Lipinski definition) is 3. The van der Waals surface area contributed by atoms with Gasteiger partial charge in [0, 0.05) is 12.5 Å². The van der Waals surface area contributed by atoms with Crippen LogP contribution < -0.4 is 11.1 Å². The molecule has 1 amide bonds. The summed E-state index contributed by atoms with van der Waals surface area (Å²) in [5.41, 5.74) is 11.1. The lowest BCUT2D eigenvalue weighted by Crippen LogP contribution is -2.26. The molecule has 3 aromatic carbocycles. The van der Waals surface area contributed by atoms with Crippen molar-refractivity contribution in [3.05, 3.63) is 95.3 Å². The number of carbonyl (C=O) groups excluding carboxylic acids is 1. The molecule has 1 aliphatic carbocycles. The molecule has 0 fully saturated rings. The van der Waals surface area contributed by atoms with Crippen LogP contribution in [0.15, 0.2) is 72.8 Å². The van der Waals surface area contributed by atoms with Gasteiger partial charge in [0.15, 0.2) is 0 Å². The Kier molecular flexibility index (Phi) is 5.29. The molecule has 29 heavy (non-hydrogen) atoms. The van der Waals surface area contributed by atoms with E-state index < -0.39 is 11.9 Å². The highest BCUT2D eigenvalue weighted by molar-refractivity contribution is 5.79. The Morgan fingerprint density at radius 3 is 2.34 bits per heavy atom. The molecule has 0 unspecified atom stereocenters. The molecule has 0 aliphatic heterocycles. The highest BCUT2D eigenvalue weighted by Crippen LogP contribution is 2.44. The van der Waals surface area contributed by atoms with Gasteiger partial charge in [0.2, 0.25) is 0 Å². The molecule has 0 saturated heterocycles. The van der Waals surface area contributed by atoms with E-state index in [0.29, 0.717) is 6.54 Å². The predicted molar refractivity (Wildman–Crippen MR) is 113 cm³/mol. The van der Waals surface area contributed by atoms with Crippen LogP contribution in [0.2, 0.25) is 0 Å². The van der Waals surface area contributed by atoms with Crippen LogP contribution in [-0.4, -0.2) is 19.2 Å². The molecule has 3 N–H and O–H groups in total. The maximum atomic E-state index is 13.2. The van der Waals surface area contributed by atoms with E-state index in [0.717, 1.165) is 5.56 Å². The topological polar surface area (TPSA) is 64.3 Å². The van der Waals surface area contributed by atoms with Gasteiger partial charge in [-0.25, -0.2) is 9.18 Å². The van der Waals surface area contributed by atoms with Gasteiger partial charge in [0.1, 0.15) is 12.4 Å². The third-order valence-corrected chi connectivity index (χ3v) is 5.04. The number of nitrogen functional groups attached to an aromatic ring is 1. The number of anilines is 1. The quantitative estimate of drug-likeness (QED) is 0.607. The van der Waals surface area contributed by atoms with Crippen molar-refractivity contribution in [1.29, 1.82) is 0 Å². The van der Waals surface area contributed by atoms with Gasteiger partial charge in [-0.3, -0.25) is 0 Å². The smallest absolute Gasteiger partial charge is 0.407 e. The number of rotatable bonds is 5. The summed E-state index contributed by atoms with van der Waals surface area (Å²) in [5, 5.41) is 2.70. The fourth-order valence-electron chi connectivity index (χ4n) is 3.65. The molecule has 0 saturated carbocycles. The second-order valence-corrected chi connectivity index (χ2v) is 6.89. The van der Waals surface area contributed by atoms with Crippen LogP contribution in [0.1, 0.15) is 22.6 Å². The number of fused-ring (bicyclic) bond motifs is 3. The zero-order chi connectivity index (χ0) is 20.2. The standard InChI is InChI=1S/C24H21FN2O2/c25-22-12-11-16(14-23(22)26)6-5-13-27-24(28)29-15-21-19-9-3-1-7-17(19)18-8-2-4-10-20(18)21/h1-12,14,21H,13,15,26H2,(H,27,28). The van der Waals surface area contributed by atoms with Crippen molar-refractivity contribution in [3.8, 4) is 11.1 Å². The van der Waals surface area contributed by atoms with Crippen LogP contribution in [0.25, 0.3) is 17.2 Å². The van der Waals surface area contributed by atoms with E-state index in [1.54, 1.807) is 24.3 Å². The molecule has 0 radical (unpaired) electrons. The van der Waals surface area contributed by atoms with Gasteiger partial charge in [0.05, 0.1) is 5.69 Å². The second-order valence-electron chi connectivity index (χ2n) is 6.89. The van der Waals surface area contributed by atoms with Crippen LogP contribution in [0.4, 0.5) is 14.9 Å². The lowest BCUT2D eigenvalue weighted by Gasteiger charge is -2.14. The Bertz CT molecular complexity index is 1030. The summed E-state index contributed by atoms with van der Waals surface area (Å²) in [5.74, 6) is -0.412. The van der Waals surface area contributed by atoms with E-state index in [-0.39, 0.29) is 18.2 Å². The molecular weight excluding hydrogens is 367 g/mol. The third kappa shape index (κ3) is 3.99. The van der Waals surface area contributed by atoms with E-state index in [4.69, 9.17) is 10.5 Å². The number of hydrogen-bond donors (Lipinski definition) is 2. The van der Waals surface area contributed by atoms with Crippen molar-refractivity contribution in [3.63, 3.8) is 0 Å².